The fourth-order valence-corrected chi connectivity index (χ4v) is 4.26. The molecule has 0 saturated carbocycles. The molecule has 2 aromatic heterocycles. The molecular weight excluding hydrogens is 388 g/mol. The van der Waals surface area contributed by atoms with Gasteiger partial charge in [0.2, 0.25) is 0 Å². The Labute approximate surface area is 171 Å². The highest BCUT2D eigenvalue weighted by atomic mass is 32.1. The summed E-state index contributed by atoms with van der Waals surface area (Å²) in [7, 11) is 3.19. The number of methoxy groups -OCH3 is 2. The number of amides is 1. The lowest BCUT2D eigenvalue weighted by molar-refractivity contribution is 0.0954. The lowest BCUT2D eigenvalue weighted by Crippen LogP contribution is -2.25. The molecule has 6 nitrogen and oxygen atoms in total. The molecule has 0 aliphatic rings. The number of pyridine rings is 1. The number of hydrogen-bond acceptors (Lipinski definition) is 5. The zero-order valence-electron chi connectivity index (χ0n) is 16.1. The van der Waals surface area contributed by atoms with Gasteiger partial charge in [0.05, 0.1) is 25.1 Å². The summed E-state index contributed by atoms with van der Waals surface area (Å²) in [6, 6.07) is 12.9. The predicted molar refractivity (Wildman–Crippen MR) is 116 cm³/mol. The Bertz CT molecular complexity index is 1260. The Morgan fingerprint density at radius 2 is 1.86 bits per heavy atom. The fraction of sp³-hybridized carbons (Fsp3) is 0.182. The van der Waals surface area contributed by atoms with Gasteiger partial charge in [-0.05, 0) is 47.7 Å². The minimum atomic E-state index is -0.181. The maximum Gasteiger partial charge on any atom is 0.257 e. The number of aromatic nitrogens is 1. The van der Waals surface area contributed by atoms with Crippen molar-refractivity contribution in [3.8, 4) is 11.5 Å². The minimum absolute atomic E-state index is 0.139. The Kier molecular flexibility index (Phi) is 5.22. The van der Waals surface area contributed by atoms with E-state index in [0.717, 1.165) is 15.6 Å². The van der Waals surface area contributed by atoms with Gasteiger partial charge < -0.3 is 19.8 Å². The fourth-order valence-electron chi connectivity index (χ4n) is 3.33. The zero-order valence-corrected chi connectivity index (χ0v) is 16.9. The molecule has 4 aromatic rings. The van der Waals surface area contributed by atoms with Crippen molar-refractivity contribution in [2.75, 3.05) is 20.8 Å². The molecule has 0 bridgehead atoms. The smallest absolute Gasteiger partial charge is 0.257 e. The molecule has 0 fully saturated rings. The van der Waals surface area contributed by atoms with Crippen molar-refractivity contribution in [2.45, 2.75) is 6.42 Å². The maximum absolute atomic E-state index is 12.6. The predicted octanol–water partition coefficient (Wildman–Crippen LogP) is 3.73. The van der Waals surface area contributed by atoms with Crippen molar-refractivity contribution in [3.63, 3.8) is 0 Å². The van der Waals surface area contributed by atoms with Gasteiger partial charge in [0, 0.05) is 22.2 Å². The molecule has 2 heterocycles. The van der Waals surface area contributed by atoms with Crippen LogP contribution in [0.4, 0.5) is 0 Å². The van der Waals surface area contributed by atoms with Crippen LogP contribution < -0.4 is 20.3 Å². The highest BCUT2D eigenvalue weighted by Gasteiger charge is 2.11. The summed E-state index contributed by atoms with van der Waals surface area (Å²) in [4.78, 5) is 27.6. The number of H-pyrrole nitrogens is 1. The van der Waals surface area contributed by atoms with Crippen molar-refractivity contribution in [2.24, 2.45) is 0 Å². The average Bonchev–Trinajstić information content (AvgIpc) is 3.24. The van der Waals surface area contributed by atoms with Crippen LogP contribution in [0.2, 0.25) is 0 Å². The van der Waals surface area contributed by atoms with E-state index in [4.69, 9.17) is 9.47 Å². The van der Waals surface area contributed by atoms with Crippen LogP contribution in [0.3, 0.4) is 0 Å². The van der Waals surface area contributed by atoms with E-state index in [1.165, 1.54) is 11.3 Å². The number of ether oxygens (including phenoxy) is 2. The molecule has 0 spiro atoms. The van der Waals surface area contributed by atoms with Crippen molar-refractivity contribution in [1.82, 2.24) is 10.3 Å². The molecule has 148 valence electrons. The quantitative estimate of drug-likeness (QED) is 0.509. The van der Waals surface area contributed by atoms with Gasteiger partial charge in [0.1, 0.15) is 0 Å². The molecular formula is C22H20N2O4S. The number of rotatable bonds is 6. The number of hydrogen-bond donors (Lipinski definition) is 2. The second kappa shape index (κ2) is 7.97. The van der Waals surface area contributed by atoms with Gasteiger partial charge >= 0.3 is 0 Å². The number of benzene rings is 2. The normalized spacial score (nSPS) is 11.0. The Hall–Kier alpha value is -3.32. The highest BCUT2D eigenvalue weighted by molar-refractivity contribution is 7.18. The van der Waals surface area contributed by atoms with Crippen LogP contribution >= 0.6 is 11.3 Å². The largest absolute Gasteiger partial charge is 0.493 e. The first-order valence-corrected chi connectivity index (χ1v) is 10.0. The van der Waals surface area contributed by atoms with Crippen LogP contribution in [0.25, 0.3) is 21.0 Å². The third-order valence-corrected chi connectivity index (χ3v) is 5.78. The first kappa shape index (κ1) is 19.0. The molecule has 2 aromatic carbocycles. The summed E-state index contributed by atoms with van der Waals surface area (Å²) in [5.41, 5.74) is 2.07. The standard InChI is InChI=1S/C22H20N2O4S/c1-27-18-6-3-13(11-19(18)28-2)7-9-23-21(25)14-4-5-15-17(12-14)24-22(26)16-8-10-29-20(15)16/h3-6,8,10-12H,7,9H2,1-2H3,(H,23,25)(H,24,26). The van der Waals surface area contributed by atoms with Crippen LogP contribution in [-0.2, 0) is 6.42 Å². The molecule has 0 radical (unpaired) electrons. The summed E-state index contributed by atoms with van der Waals surface area (Å²) < 4.78 is 11.5. The minimum Gasteiger partial charge on any atom is -0.493 e. The van der Waals surface area contributed by atoms with Crippen molar-refractivity contribution < 1.29 is 14.3 Å². The molecule has 4 rings (SSSR count). The Morgan fingerprint density at radius 3 is 2.66 bits per heavy atom. The van der Waals surface area contributed by atoms with Crippen LogP contribution in [0.15, 0.2) is 52.6 Å². The summed E-state index contributed by atoms with van der Waals surface area (Å²) in [6.07, 6.45) is 0.659. The summed E-state index contributed by atoms with van der Waals surface area (Å²) in [5, 5.41) is 6.44. The number of aromatic amines is 1. The molecule has 2 N–H and O–H groups in total. The lowest BCUT2D eigenvalue weighted by Gasteiger charge is -2.10. The number of carbonyl (C=O) groups is 1. The van der Waals surface area contributed by atoms with Crippen molar-refractivity contribution in [1.29, 1.82) is 0 Å². The molecule has 29 heavy (non-hydrogen) atoms. The van der Waals surface area contributed by atoms with Gasteiger partial charge in [-0.1, -0.05) is 12.1 Å². The molecule has 0 unspecified atom stereocenters. The molecule has 0 saturated heterocycles. The first-order valence-electron chi connectivity index (χ1n) is 9.13. The lowest BCUT2D eigenvalue weighted by atomic mass is 10.1. The van der Waals surface area contributed by atoms with Gasteiger partial charge in [0.15, 0.2) is 11.5 Å². The third kappa shape index (κ3) is 3.69. The SMILES string of the molecule is COc1ccc(CCNC(=O)c2ccc3c(c2)[nH]c(=O)c2ccsc23)cc1OC. The number of carbonyl (C=O) groups excluding carboxylic acids is 1. The zero-order chi connectivity index (χ0) is 20.4. The van der Waals surface area contributed by atoms with Crippen LogP contribution in [0.1, 0.15) is 15.9 Å². The summed E-state index contributed by atoms with van der Waals surface area (Å²) in [5.74, 6) is 1.15. The molecule has 0 atom stereocenters. The van der Waals surface area contributed by atoms with Gasteiger partial charge in [-0.3, -0.25) is 9.59 Å². The van der Waals surface area contributed by atoms with Crippen LogP contribution in [0.5, 0.6) is 11.5 Å². The van der Waals surface area contributed by atoms with Gasteiger partial charge in [-0.25, -0.2) is 0 Å². The van der Waals surface area contributed by atoms with E-state index in [1.54, 1.807) is 26.4 Å². The topological polar surface area (TPSA) is 80.4 Å². The van der Waals surface area contributed by atoms with Crippen molar-refractivity contribution >= 4 is 38.2 Å². The van der Waals surface area contributed by atoms with Gasteiger partial charge in [-0.15, -0.1) is 11.3 Å². The highest BCUT2D eigenvalue weighted by Crippen LogP contribution is 2.28. The van der Waals surface area contributed by atoms with Crippen LogP contribution in [0, 0.1) is 0 Å². The monoisotopic (exact) mass is 408 g/mol. The average molecular weight is 408 g/mol. The molecule has 0 aliphatic carbocycles. The Balaban J connectivity index is 1.48. The van der Waals surface area contributed by atoms with E-state index in [0.29, 0.717) is 40.9 Å². The van der Waals surface area contributed by atoms with Crippen molar-refractivity contribution in [3.05, 3.63) is 69.3 Å². The van der Waals surface area contributed by atoms with Gasteiger partial charge in [0.25, 0.3) is 11.5 Å². The number of nitrogens with one attached hydrogen (secondary N) is 2. The van der Waals surface area contributed by atoms with E-state index < -0.39 is 0 Å². The Morgan fingerprint density at radius 1 is 1.03 bits per heavy atom. The van der Waals surface area contributed by atoms with E-state index in [9.17, 15) is 9.59 Å². The molecule has 7 heteroatoms. The summed E-state index contributed by atoms with van der Waals surface area (Å²) in [6.45, 7) is 0.479. The summed E-state index contributed by atoms with van der Waals surface area (Å²) >= 11 is 1.52. The van der Waals surface area contributed by atoms with Crippen LogP contribution in [-0.4, -0.2) is 31.7 Å². The molecule has 0 aliphatic heterocycles. The number of fused-ring (bicyclic) bond motifs is 3. The first-order chi connectivity index (χ1) is 14.1. The van der Waals surface area contributed by atoms with E-state index in [1.807, 2.05) is 35.7 Å². The second-order valence-corrected chi connectivity index (χ2v) is 7.49. The van der Waals surface area contributed by atoms with Gasteiger partial charge in [-0.2, -0.15) is 0 Å². The van der Waals surface area contributed by atoms with E-state index in [2.05, 4.69) is 10.3 Å². The maximum atomic E-state index is 12.6. The second-order valence-electron chi connectivity index (χ2n) is 6.57. The molecule has 1 amide bonds. The number of thiophene rings is 1. The van der Waals surface area contributed by atoms with E-state index >= 15 is 0 Å². The van der Waals surface area contributed by atoms with E-state index in [-0.39, 0.29) is 11.5 Å². The third-order valence-electron chi connectivity index (χ3n) is 4.83.